The Bertz CT molecular complexity index is 280. The van der Waals surface area contributed by atoms with Crippen molar-refractivity contribution in [1.29, 1.82) is 0 Å². The van der Waals surface area contributed by atoms with Gasteiger partial charge in [-0.15, -0.1) is 0 Å². The molecule has 0 aliphatic heterocycles. The number of hydrogen-bond donors (Lipinski definition) is 0. The van der Waals surface area contributed by atoms with Crippen molar-refractivity contribution in [3.8, 4) is 0 Å². The third-order valence-electron chi connectivity index (χ3n) is 2.67. The van der Waals surface area contributed by atoms with E-state index in [1.165, 1.54) is 18.9 Å². The van der Waals surface area contributed by atoms with Gasteiger partial charge >= 0.3 is 18.9 Å². The summed E-state index contributed by atoms with van der Waals surface area (Å²) in [5, 5.41) is 3.39. The third-order valence-corrected chi connectivity index (χ3v) is 5.67. The molecule has 2 aliphatic carbocycles. The normalized spacial score (nSPS) is 18.4. The zero-order valence-corrected chi connectivity index (χ0v) is 10.1. The zero-order chi connectivity index (χ0) is 9.10. The van der Waals surface area contributed by atoms with Gasteiger partial charge in [0.25, 0.3) is 0 Å². The first kappa shape index (κ1) is 11.8. The first-order valence-electron chi connectivity index (χ1n) is 4.99. The molecule has 0 atom stereocenters. The number of rotatable bonds is 3. The Balaban J connectivity index is 0.000000980. The Morgan fingerprint density at radius 1 is 1.07 bits per heavy atom. The Morgan fingerprint density at radius 3 is 1.86 bits per heavy atom. The van der Waals surface area contributed by atoms with Gasteiger partial charge in [-0.25, -0.2) is 0 Å². The van der Waals surface area contributed by atoms with Crippen LogP contribution in [0.25, 0.3) is 0 Å². The zero-order valence-electron chi connectivity index (χ0n) is 9.09. The fraction of sp³-hybridized carbons (Fsp3) is 0.333. The van der Waals surface area contributed by atoms with Gasteiger partial charge in [0.2, 0.25) is 0 Å². The predicted octanol–water partition coefficient (Wildman–Crippen LogP) is 0.356. The molecule has 0 aromatic rings. The van der Waals surface area contributed by atoms with Crippen molar-refractivity contribution < 1.29 is 18.9 Å². The van der Waals surface area contributed by atoms with Crippen molar-refractivity contribution in [3.63, 3.8) is 0 Å². The first-order chi connectivity index (χ1) is 6.42. The van der Waals surface area contributed by atoms with E-state index < -0.39 is 0 Å². The van der Waals surface area contributed by atoms with Gasteiger partial charge in [0.1, 0.15) is 8.80 Å². The second kappa shape index (κ2) is 5.61. The van der Waals surface area contributed by atoms with Crippen LogP contribution in [0.1, 0.15) is 19.8 Å². The molecule has 0 spiro atoms. The summed E-state index contributed by atoms with van der Waals surface area (Å²) >= 11 is 0. The molecule has 0 unspecified atom stereocenters. The monoisotopic (exact) mass is 194 g/mol. The van der Waals surface area contributed by atoms with Crippen LogP contribution >= 0.6 is 0 Å². The first-order valence-corrected chi connectivity index (χ1v) is 6.70. The van der Waals surface area contributed by atoms with Gasteiger partial charge in [-0.05, 0) is 12.8 Å². The smallest absolute Gasteiger partial charge is 0.0809 e. The van der Waals surface area contributed by atoms with Gasteiger partial charge in [0.15, 0.2) is 0 Å². The molecule has 0 bridgehead atoms. The summed E-state index contributed by atoms with van der Waals surface area (Å²) in [6.07, 6.45) is 16.0. The third kappa shape index (κ3) is 2.42. The van der Waals surface area contributed by atoms with Gasteiger partial charge in [-0.1, -0.05) is 59.8 Å². The van der Waals surface area contributed by atoms with E-state index in [-0.39, 0.29) is 27.7 Å². The molecule has 67 valence electrons. The van der Waals surface area contributed by atoms with E-state index in [0.717, 1.165) is 0 Å². The van der Waals surface area contributed by atoms with Crippen molar-refractivity contribution in [3.05, 3.63) is 46.8 Å². The Hall–Kier alpha value is -0.226. The molecule has 2 heteroatoms. The van der Waals surface area contributed by atoms with Crippen molar-refractivity contribution in [2.75, 3.05) is 0 Å². The summed E-state index contributed by atoms with van der Waals surface area (Å²) in [6.45, 7) is 2.33. The fourth-order valence-corrected chi connectivity index (χ4v) is 4.65. The summed E-state index contributed by atoms with van der Waals surface area (Å²) in [5.41, 5.74) is 0. The van der Waals surface area contributed by atoms with Crippen molar-refractivity contribution >= 4 is 8.80 Å². The molecule has 0 N–H and O–H groups in total. The van der Waals surface area contributed by atoms with E-state index in [2.05, 4.69) is 43.4 Å². The molecule has 0 fully saturated rings. The molecule has 0 amide bonds. The number of allylic oxidation sites excluding steroid dienone is 8. The maximum atomic E-state index is 2.33. The Morgan fingerprint density at radius 2 is 1.57 bits per heavy atom. The van der Waals surface area contributed by atoms with Gasteiger partial charge in [-0.3, -0.25) is 0 Å². The van der Waals surface area contributed by atoms with Crippen LogP contribution in [-0.4, -0.2) is 8.80 Å². The van der Waals surface area contributed by atoms with Crippen molar-refractivity contribution in [2.45, 2.75) is 25.8 Å². The molecule has 0 saturated carbocycles. The van der Waals surface area contributed by atoms with Gasteiger partial charge in [0.05, 0.1) is 0 Å². The molecular weight excluding hydrogens is 179 g/mol. The van der Waals surface area contributed by atoms with Crippen LogP contribution in [0.2, 0.25) is 6.04 Å². The maximum absolute atomic E-state index is 2.33. The summed E-state index contributed by atoms with van der Waals surface area (Å²) in [5.74, 6) is 0. The van der Waals surface area contributed by atoms with Crippen molar-refractivity contribution in [2.24, 2.45) is 0 Å². The van der Waals surface area contributed by atoms with Gasteiger partial charge < -0.3 is 0 Å². The second-order valence-corrected chi connectivity index (χ2v) is 6.43. The molecule has 0 heterocycles. The van der Waals surface area contributed by atoms with E-state index in [4.69, 9.17) is 0 Å². The molecule has 14 heavy (non-hydrogen) atoms. The van der Waals surface area contributed by atoms with E-state index in [9.17, 15) is 0 Å². The molecule has 0 nitrogen and oxygen atoms in total. The van der Waals surface area contributed by atoms with Crippen LogP contribution in [0.4, 0.5) is 0 Å². The molecule has 2 aliphatic rings. The van der Waals surface area contributed by atoms with Crippen LogP contribution in [0, 0.1) is 0 Å². The molecule has 0 aromatic heterocycles. The van der Waals surface area contributed by atoms with Crippen LogP contribution in [0.5, 0.6) is 0 Å². The van der Waals surface area contributed by atoms with Crippen LogP contribution in [0.3, 0.4) is 0 Å². The van der Waals surface area contributed by atoms with Gasteiger partial charge in [0, 0.05) is 0 Å². The summed E-state index contributed by atoms with van der Waals surface area (Å²) in [7, 11) is -0.342. The minimum Gasteiger partial charge on any atom is -0.0809 e. The molecule has 1 radical (unpaired) electrons. The van der Waals surface area contributed by atoms with Crippen LogP contribution in [-0.2, 0) is 0 Å². The Labute approximate surface area is 100 Å². The maximum Gasteiger partial charge on any atom is 1.00 e. The quantitative estimate of drug-likeness (QED) is 0.569. The van der Waals surface area contributed by atoms with E-state index in [1.54, 1.807) is 10.4 Å². The topological polar surface area (TPSA) is 0 Å². The summed E-state index contributed by atoms with van der Waals surface area (Å²) in [6, 6.07) is 1.34. The standard InChI is InChI=1S/C12H15Si.Li/c1-2-13(11-7-3-4-8-11)12-9-5-6-10-12;/h3-7,9H,2,8,10H2,1H3;/q;+1. The van der Waals surface area contributed by atoms with E-state index in [1.807, 2.05) is 0 Å². The summed E-state index contributed by atoms with van der Waals surface area (Å²) in [4.78, 5) is 0. The fourth-order valence-electron chi connectivity index (χ4n) is 2.00. The van der Waals surface area contributed by atoms with Crippen molar-refractivity contribution in [1.82, 2.24) is 0 Å². The predicted molar refractivity (Wildman–Crippen MR) is 59.9 cm³/mol. The summed E-state index contributed by atoms with van der Waals surface area (Å²) < 4.78 is 0. The van der Waals surface area contributed by atoms with E-state index >= 15 is 0 Å². The van der Waals surface area contributed by atoms with E-state index in [0.29, 0.717) is 0 Å². The molecule has 0 saturated heterocycles. The molecule has 0 aromatic carbocycles. The SMILES string of the molecule is CC[Si](C1=CC=CC1)C1=CC=CC1.[Li+]. The van der Waals surface area contributed by atoms with Gasteiger partial charge in [-0.2, -0.15) is 0 Å². The minimum atomic E-state index is -0.342. The largest absolute Gasteiger partial charge is 1.00 e. The second-order valence-electron chi connectivity index (χ2n) is 3.48. The molecular formula is C12H15LiSi+. The average molecular weight is 194 g/mol. The van der Waals surface area contributed by atoms with Crippen LogP contribution < -0.4 is 18.9 Å². The Kier molecular flexibility index (Phi) is 4.74. The minimum absolute atomic E-state index is 0. The molecule has 2 rings (SSSR count). The average Bonchev–Trinajstić information content (AvgIpc) is 2.76. The number of hydrogen-bond acceptors (Lipinski definition) is 0. The van der Waals surface area contributed by atoms with Crippen LogP contribution in [0.15, 0.2) is 46.8 Å².